The Balaban J connectivity index is 1.58. The van der Waals surface area contributed by atoms with Crippen LogP contribution >= 0.6 is 22.6 Å². The number of hydrogen-bond donors (Lipinski definition) is 2. The number of nitrogens with one attached hydrogen (secondary N) is 1. The molecule has 4 atom stereocenters. The van der Waals surface area contributed by atoms with Crippen molar-refractivity contribution in [2.75, 3.05) is 23.5 Å². The molecule has 2 aromatic heterocycles. The summed E-state index contributed by atoms with van der Waals surface area (Å²) in [6.07, 6.45) is -2.30. The van der Waals surface area contributed by atoms with E-state index >= 15 is 8.78 Å². The number of anilines is 1. The molecule has 6 rings (SSSR count). The lowest BCUT2D eigenvalue weighted by atomic mass is 9.77. The van der Waals surface area contributed by atoms with Gasteiger partial charge in [-0.2, -0.15) is 9.97 Å². The van der Waals surface area contributed by atoms with E-state index < -0.39 is 29.4 Å². The van der Waals surface area contributed by atoms with Crippen molar-refractivity contribution >= 4 is 39.7 Å². The SMILES string of the molecule is CCOc1nc(NC(c2ccccc2)(c2ccccc2)c2ccc(OC)cc2)nc2c1ncn2[C@@H]1O[C@](F)(CI)[C@@H](O)[C@@]1(C)F. The average Bonchev–Trinajstić information content (AvgIpc) is 3.57. The maximum atomic E-state index is 16.0. The molecular weight excluding hydrogens is 695 g/mol. The van der Waals surface area contributed by atoms with Crippen molar-refractivity contribution in [3.63, 3.8) is 0 Å². The van der Waals surface area contributed by atoms with E-state index in [1.807, 2.05) is 84.9 Å². The molecule has 1 aliphatic heterocycles. The van der Waals surface area contributed by atoms with Crippen molar-refractivity contribution in [2.24, 2.45) is 0 Å². The normalized spacial score (nSPS) is 23.3. The third-order valence-corrected chi connectivity index (χ3v) is 9.11. The lowest BCUT2D eigenvalue weighted by Gasteiger charge is -2.37. The van der Waals surface area contributed by atoms with Gasteiger partial charge in [-0.3, -0.25) is 4.57 Å². The monoisotopic (exact) mass is 727 g/mol. The molecule has 3 aromatic carbocycles. The molecule has 0 amide bonds. The second kappa shape index (κ2) is 12.1. The van der Waals surface area contributed by atoms with Crippen LogP contribution in [0, 0.1) is 0 Å². The molecule has 3 heterocycles. The van der Waals surface area contributed by atoms with Crippen LogP contribution in [0.5, 0.6) is 11.6 Å². The van der Waals surface area contributed by atoms with E-state index in [1.165, 1.54) is 10.9 Å². The van der Waals surface area contributed by atoms with Gasteiger partial charge in [0.15, 0.2) is 29.2 Å². The molecule has 2 N–H and O–H groups in total. The molecule has 1 aliphatic rings. The van der Waals surface area contributed by atoms with Crippen LogP contribution in [0.3, 0.4) is 0 Å². The molecule has 0 saturated carbocycles. The fourth-order valence-corrected chi connectivity index (χ4v) is 6.41. The van der Waals surface area contributed by atoms with Crippen molar-refractivity contribution < 1.29 is 28.1 Å². The molecule has 0 radical (unpaired) electrons. The van der Waals surface area contributed by atoms with E-state index in [2.05, 4.69) is 10.3 Å². The predicted molar refractivity (Wildman–Crippen MR) is 174 cm³/mol. The average molecular weight is 728 g/mol. The van der Waals surface area contributed by atoms with Crippen molar-refractivity contribution in [1.29, 1.82) is 0 Å². The number of fused-ring (bicyclic) bond motifs is 1. The summed E-state index contributed by atoms with van der Waals surface area (Å²) in [5.74, 6) is -1.63. The van der Waals surface area contributed by atoms with Crippen molar-refractivity contribution in [3.05, 3.63) is 108 Å². The standard InChI is InChI=1S/C33H32F2IN5O4/c1-4-44-27-25-26(41(20-37-25)29-31(2,34)28(42)32(35,19-36)45-29)38-30(39-27)40-33(21-11-7-5-8-12-21,22-13-9-6-10-14-22)23-15-17-24(43-3)18-16-23/h5-18,20,28-29,42H,4,19H2,1-3H3,(H,38,39,40)/t28-,29+,31+,32+/m0/s1. The summed E-state index contributed by atoms with van der Waals surface area (Å²) in [4.78, 5) is 13.9. The molecule has 45 heavy (non-hydrogen) atoms. The maximum absolute atomic E-state index is 16.0. The van der Waals surface area contributed by atoms with Crippen molar-refractivity contribution in [1.82, 2.24) is 19.5 Å². The Bertz CT molecular complexity index is 1740. The number of hydrogen-bond acceptors (Lipinski definition) is 8. The lowest BCUT2D eigenvalue weighted by Crippen LogP contribution is -2.45. The first-order valence-electron chi connectivity index (χ1n) is 14.4. The second-order valence-electron chi connectivity index (χ2n) is 10.9. The van der Waals surface area contributed by atoms with Gasteiger partial charge in [0.05, 0.1) is 24.5 Å². The van der Waals surface area contributed by atoms with Crippen LogP contribution in [0.2, 0.25) is 0 Å². The van der Waals surface area contributed by atoms with Crippen molar-refractivity contribution in [2.45, 2.75) is 43.2 Å². The van der Waals surface area contributed by atoms with Gasteiger partial charge in [0.1, 0.15) is 11.3 Å². The Morgan fingerprint density at radius 3 is 2.11 bits per heavy atom. The number of benzene rings is 3. The van der Waals surface area contributed by atoms with Gasteiger partial charge in [-0.1, -0.05) is 95.4 Å². The maximum Gasteiger partial charge on any atom is 0.249 e. The number of aliphatic hydroxyl groups excluding tert-OH is 1. The predicted octanol–water partition coefficient (Wildman–Crippen LogP) is 6.36. The lowest BCUT2D eigenvalue weighted by molar-refractivity contribution is -0.167. The Morgan fingerprint density at radius 1 is 0.978 bits per heavy atom. The zero-order valence-corrected chi connectivity index (χ0v) is 27.0. The van der Waals surface area contributed by atoms with Crippen LogP contribution in [0.25, 0.3) is 11.2 Å². The fourth-order valence-electron chi connectivity index (χ4n) is 5.81. The number of halogens is 3. The number of alkyl halides is 3. The Kier molecular flexibility index (Phi) is 8.39. The van der Waals surface area contributed by atoms with Gasteiger partial charge >= 0.3 is 0 Å². The van der Waals surface area contributed by atoms with Crippen LogP contribution in [-0.2, 0) is 10.3 Å². The van der Waals surface area contributed by atoms with Gasteiger partial charge in [-0.25, -0.2) is 13.8 Å². The summed E-state index contributed by atoms with van der Waals surface area (Å²) >= 11 is 1.73. The van der Waals surface area contributed by atoms with Crippen LogP contribution in [0.1, 0.15) is 36.8 Å². The minimum absolute atomic E-state index is 0.135. The summed E-state index contributed by atoms with van der Waals surface area (Å²) in [6, 6.07) is 27.4. The van der Waals surface area contributed by atoms with E-state index in [4.69, 9.17) is 24.2 Å². The number of methoxy groups -OCH3 is 1. The number of aromatic nitrogens is 4. The Morgan fingerprint density at radius 2 is 1.58 bits per heavy atom. The first-order chi connectivity index (χ1) is 21.7. The van der Waals surface area contributed by atoms with Crippen LogP contribution in [-0.4, -0.2) is 60.4 Å². The molecule has 9 nitrogen and oxygen atoms in total. The molecule has 0 aliphatic carbocycles. The van der Waals surface area contributed by atoms with E-state index in [-0.39, 0.29) is 34.0 Å². The van der Waals surface area contributed by atoms with Gasteiger partial charge in [0.2, 0.25) is 17.7 Å². The molecule has 1 fully saturated rings. The third-order valence-electron chi connectivity index (χ3n) is 8.07. The summed E-state index contributed by atoms with van der Waals surface area (Å²) in [7, 11) is 1.61. The number of ether oxygens (including phenoxy) is 3. The Hall–Kier alpha value is -3.88. The quantitative estimate of drug-likeness (QED) is 0.0975. The summed E-state index contributed by atoms with van der Waals surface area (Å²) in [6.45, 7) is 3.17. The minimum atomic E-state index is -2.60. The highest BCUT2D eigenvalue weighted by Gasteiger charge is 2.64. The number of nitrogens with zero attached hydrogens (tertiary/aromatic N) is 4. The minimum Gasteiger partial charge on any atom is -0.497 e. The summed E-state index contributed by atoms with van der Waals surface area (Å²) in [5.41, 5.74) is -0.520. The highest BCUT2D eigenvalue weighted by atomic mass is 127. The van der Waals surface area contributed by atoms with Gasteiger partial charge in [0, 0.05) is 0 Å². The first kappa shape index (κ1) is 31.1. The molecule has 5 aromatic rings. The Labute approximate surface area is 272 Å². The van der Waals surface area contributed by atoms with Crippen molar-refractivity contribution in [3.8, 4) is 11.6 Å². The van der Waals surface area contributed by atoms with Gasteiger partial charge in [-0.05, 0) is 42.7 Å². The second-order valence-corrected chi connectivity index (χ2v) is 11.7. The largest absolute Gasteiger partial charge is 0.497 e. The number of imidazole rings is 1. The smallest absolute Gasteiger partial charge is 0.249 e. The molecule has 12 heteroatoms. The van der Waals surface area contributed by atoms with Crippen LogP contribution in [0.15, 0.2) is 91.3 Å². The van der Waals surface area contributed by atoms with Crippen LogP contribution in [0.4, 0.5) is 14.7 Å². The van der Waals surface area contributed by atoms with Gasteiger partial charge in [0.25, 0.3) is 0 Å². The van der Waals surface area contributed by atoms with E-state index in [0.29, 0.717) is 5.75 Å². The third kappa shape index (κ3) is 5.28. The van der Waals surface area contributed by atoms with E-state index in [0.717, 1.165) is 23.6 Å². The molecule has 234 valence electrons. The number of aliphatic hydroxyl groups is 1. The van der Waals surface area contributed by atoms with E-state index in [1.54, 1.807) is 36.6 Å². The molecule has 1 saturated heterocycles. The number of rotatable bonds is 10. The van der Waals surface area contributed by atoms with Gasteiger partial charge in [-0.15, -0.1) is 0 Å². The topological polar surface area (TPSA) is 104 Å². The zero-order chi connectivity index (χ0) is 31.8. The highest BCUT2D eigenvalue weighted by molar-refractivity contribution is 14.1. The zero-order valence-electron chi connectivity index (χ0n) is 24.8. The van der Waals surface area contributed by atoms with E-state index in [9.17, 15) is 5.11 Å². The molecule has 0 spiro atoms. The summed E-state index contributed by atoms with van der Waals surface area (Å²) < 4.78 is 49.4. The summed E-state index contributed by atoms with van der Waals surface area (Å²) in [5, 5.41) is 14.2. The first-order valence-corrected chi connectivity index (χ1v) is 15.9. The molecule has 0 unspecified atom stereocenters. The molecule has 0 bridgehead atoms. The highest BCUT2D eigenvalue weighted by Crippen LogP contribution is 2.49. The van der Waals surface area contributed by atoms with Crippen LogP contribution < -0.4 is 14.8 Å². The fraction of sp³-hybridized carbons (Fsp3) is 0.303. The van der Waals surface area contributed by atoms with Gasteiger partial charge < -0.3 is 24.6 Å². The molecular formula is C33H32F2IN5O4.